The minimum absolute atomic E-state index is 0.112. The lowest BCUT2D eigenvalue weighted by molar-refractivity contribution is -0.266. The number of nitrogens with one attached hydrogen (secondary N) is 2. The third kappa shape index (κ3) is 7.23. The van der Waals surface area contributed by atoms with Crippen molar-refractivity contribution in [3.05, 3.63) is 83.7 Å². The summed E-state index contributed by atoms with van der Waals surface area (Å²) in [4.78, 5) is 7.56. The molecule has 0 aliphatic carbocycles. The third-order valence-electron chi connectivity index (χ3n) is 6.97. The minimum atomic E-state index is -4.90. The Morgan fingerprint density at radius 1 is 0.925 bits per heavy atom. The van der Waals surface area contributed by atoms with E-state index in [2.05, 4.69) is 15.3 Å². The molecule has 2 aromatic carbocycles. The first-order valence-corrected chi connectivity index (χ1v) is 13.8. The molecule has 8 heteroatoms. The topological polar surface area (TPSA) is 81.2 Å². The number of aromatic nitrogens is 2. The van der Waals surface area contributed by atoms with E-state index in [1.54, 1.807) is 38.1 Å². The van der Waals surface area contributed by atoms with Gasteiger partial charge in [0, 0.05) is 36.3 Å². The second kappa shape index (κ2) is 12.9. The molecule has 5 nitrogen and oxygen atoms in total. The number of phenolic OH excluding ortho intramolecular Hbond substituents is 1. The van der Waals surface area contributed by atoms with Crippen LogP contribution in [0.15, 0.2) is 66.7 Å². The van der Waals surface area contributed by atoms with Crippen LogP contribution in [-0.4, -0.2) is 45.0 Å². The molecule has 4 rings (SSSR count). The van der Waals surface area contributed by atoms with E-state index in [1.165, 1.54) is 6.07 Å². The molecule has 0 saturated heterocycles. The number of aromatic amines is 1. The van der Waals surface area contributed by atoms with Gasteiger partial charge in [-0.2, -0.15) is 13.2 Å². The van der Waals surface area contributed by atoms with Crippen LogP contribution in [0.1, 0.15) is 58.0 Å². The molecule has 0 spiro atoms. The molecule has 0 aliphatic rings. The number of likely N-dealkylation sites (N-methyl/N-ethyl adjacent to an activating group) is 1. The van der Waals surface area contributed by atoms with Crippen LogP contribution < -0.4 is 5.32 Å². The summed E-state index contributed by atoms with van der Waals surface area (Å²) in [5, 5.41) is 25.0. The summed E-state index contributed by atoms with van der Waals surface area (Å²) in [6, 6.07) is 19.5. The van der Waals surface area contributed by atoms with Crippen LogP contribution in [-0.2, 0) is 18.3 Å². The molecule has 2 aromatic heterocycles. The first-order valence-electron chi connectivity index (χ1n) is 13.8. The predicted octanol–water partition coefficient (Wildman–Crippen LogP) is 7.32. The maximum absolute atomic E-state index is 14.4. The highest BCUT2D eigenvalue weighted by atomic mass is 19.4. The number of rotatable bonds is 10. The molecule has 4 aromatic rings. The quantitative estimate of drug-likeness (QED) is 0.155. The van der Waals surface area contributed by atoms with Crippen LogP contribution in [0.5, 0.6) is 5.75 Å². The van der Waals surface area contributed by atoms with Crippen molar-refractivity contribution in [1.82, 2.24) is 15.3 Å². The number of benzene rings is 2. The fourth-order valence-corrected chi connectivity index (χ4v) is 5.03. The zero-order valence-corrected chi connectivity index (χ0v) is 23.9. The van der Waals surface area contributed by atoms with Gasteiger partial charge in [-0.15, -0.1) is 0 Å². The van der Waals surface area contributed by atoms with Gasteiger partial charge in [0.2, 0.25) is 0 Å². The van der Waals surface area contributed by atoms with Crippen molar-refractivity contribution in [1.29, 1.82) is 0 Å². The summed E-state index contributed by atoms with van der Waals surface area (Å²) in [6.45, 7) is 10.8. The van der Waals surface area contributed by atoms with E-state index in [-0.39, 0.29) is 11.4 Å². The summed E-state index contributed by atoms with van der Waals surface area (Å²) >= 11 is 0. The molecule has 0 aliphatic heterocycles. The SMILES string of the molecule is CC.CCNCCc1ccc2[nH]c(CC(O)(CC(C)(C)c3cc(-c4ccccc4)ccc3O)C(F)(F)F)cc2n1. The first-order chi connectivity index (χ1) is 18.9. The normalized spacial score (nSPS) is 13.5. The third-order valence-corrected chi connectivity index (χ3v) is 6.97. The van der Waals surface area contributed by atoms with Crippen molar-refractivity contribution in [3.63, 3.8) is 0 Å². The van der Waals surface area contributed by atoms with Crippen LogP contribution in [0.2, 0.25) is 0 Å². The van der Waals surface area contributed by atoms with Crippen molar-refractivity contribution in [2.75, 3.05) is 13.1 Å². The van der Waals surface area contributed by atoms with E-state index in [4.69, 9.17) is 0 Å². The molecule has 2 heterocycles. The van der Waals surface area contributed by atoms with Gasteiger partial charge in [0.05, 0.1) is 11.0 Å². The Hall–Kier alpha value is -3.36. The van der Waals surface area contributed by atoms with Crippen LogP contribution in [0.4, 0.5) is 13.2 Å². The zero-order valence-electron chi connectivity index (χ0n) is 23.9. The molecule has 1 atom stereocenters. The van der Waals surface area contributed by atoms with E-state index < -0.39 is 30.0 Å². The van der Waals surface area contributed by atoms with Gasteiger partial charge >= 0.3 is 6.18 Å². The number of hydrogen-bond donors (Lipinski definition) is 4. The molecule has 0 amide bonds. The van der Waals surface area contributed by atoms with Gasteiger partial charge in [-0.1, -0.05) is 71.0 Å². The number of halogens is 3. The number of H-pyrrole nitrogens is 1. The molecule has 0 bridgehead atoms. The van der Waals surface area contributed by atoms with E-state index >= 15 is 0 Å². The van der Waals surface area contributed by atoms with E-state index in [1.807, 2.05) is 57.2 Å². The van der Waals surface area contributed by atoms with Crippen molar-refractivity contribution in [3.8, 4) is 16.9 Å². The molecular formula is C32H40F3N3O2. The lowest BCUT2D eigenvalue weighted by Gasteiger charge is -2.38. The number of aromatic hydroxyl groups is 1. The van der Waals surface area contributed by atoms with E-state index in [0.717, 1.165) is 29.9 Å². The summed E-state index contributed by atoms with van der Waals surface area (Å²) in [5.74, 6) is -0.112. The van der Waals surface area contributed by atoms with Crippen LogP contribution in [0.3, 0.4) is 0 Å². The van der Waals surface area contributed by atoms with Crippen LogP contribution in [0.25, 0.3) is 22.2 Å². The number of hydrogen-bond acceptors (Lipinski definition) is 4. The Balaban J connectivity index is 0.00000216. The molecule has 1 unspecified atom stereocenters. The highest BCUT2D eigenvalue weighted by Gasteiger charge is 2.56. The van der Waals surface area contributed by atoms with Crippen molar-refractivity contribution >= 4 is 11.0 Å². The van der Waals surface area contributed by atoms with Gasteiger partial charge in [-0.05, 0) is 59.8 Å². The van der Waals surface area contributed by atoms with Gasteiger partial charge in [-0.25, -0.2) is 0 Å². The Kier molecular flexibility index (Phi) is 10.0. The molecule has 0 saturated carbocycles. The van der Waals surface area contributed by atoms with Gasteiger partial charge in [0.25, 0.3) is 0 Å². The van der Waals surface area contributed by atoms with Gasteiger partial charge < -0.3 is 20.5 Å². The smallest absolute Gasteiger partial charge is 0.417 e. The average Bonchev–Trinajstić information content (AvgIpc) is 3.31. The Bertz CT molecular complexity index is 1380. The Morgan fingerprint density at radius 2 is 1.62 bits per heavy atom. The van der Waals surface area contributed by atoms with E-state index in [0.29, 0.717) is 23.0 Å². The minimum Gasteiger partial charge on any atom is -0.508 e. The maximum atomic E-state index is 14.4. The highest BCUT2D eigenvalue weighted by molar-refractivity contribution is 5.76. The van der Waals surface area contributed by atoms with Crippen molar-refractivity contribution in [2.45, 2.75) is 71.1 Å². The van der Waals surface area contributed by atoms with Crippen LogP contribution >= 0.6 is 0 Å². The second-order valence-electron chi connectivity index (χ2n) is 10.5. The summed E-state index contributed by atoms with van der Waals surface area (Å²) in [7, 11) is 0. The highest BCUT2D eigenvalue weighted by Crippen LogP contribution is 2.45. The van der Waals surface area contributed by atoms with Gasteiger partial charge in [0.1, 0.15) is 5.75 Å². The number of pyridine rings is 1. The summed E-state index contributed by atoms with van der Waals surface area (Å²) in [6.07, 6.45) is -5.51. The number of nitrogens with zero attached hydrogens (tertiary/aromatic N) is 1. The summed E-state index contributed by atoms with van der Waals surface area (Å²) in [5.41, 5.74) is 0.00260. The molecule has 0 radical (unpaired) electrons. The molecule has 216 valence electrons. The predicted molar refractivity (Wildman–Crippen MR) is 156 cm³/mol. The summed E-state index contributed by atoms with van der Waals surface area (Å²) < 4.78 is 43.3. The van der Waals surface area contributed by atoms with E-state index in [9.17, 15) is 23.4 Å². The molecule has 0 fully saturated rings. The van der Waals surface area contributed by atoms with Crippen LogP contribution in [0, 0.1) is 0 Å². The standard InChI is InChI=1S/C30H34F3N3O2.C2H6/c1-4-34-15-14-22-11-12-25-26(35-22)17-23(36-25)18-29(38,30(31,32)33)19-28(2,3)24-16-21(10-13-27(24)37)20-8-6-5-7-9-20;1-2/h5-13,16-17,34,36-38H,4,14-15,18-19H2,1-3H3;1-2H3. The number of aliphatic hydroxyl groups is 1. The van der Waals surface area contributed by atoms with Gasteiger partial charge in [-0.3, -0.25) is 4.98 Å². The fourth-order valence-electron chi connectivity index (χ4n) is 5.03. The second-order valence-corrected chi connectivity index (χ2v) is 10.5. The Labute approximate surface area is 234 Å². The fraction of sp³-hybridized carbons (Fsp3) is 0.406. The Morgan fingerprint density at radius 3 is 2.27 bits per heavy atom. The number of alkyl halides is 3. The molecule has 40 heavy (non-hydrogen) atoms. The maximum Gasteiger partial charge on any atom is 0.417 e. The lowest BCUT2D eigenvalue weighted by Crippen LogP contribution is -2.50. The largest absolute Gasteiger partial charge is 0.508 e. The monoisotopic (exact) mass is 555 g/mol. The first kappa shape index (κ1) is 31.2. The number of phenols is 1. The molecular weight excluding hydrogens is 515 g/mol. The van der Waals surface area contributed by atoms with Crippen molar-refractivity contribution in [2.24, 2.45) is 0 Å². The average molecular weight is 556 g/mol. The van der Waals surface area contributed by atoms with Gasteiger partial charge in [0.15, 0.2) is 5.60 Å². The number of fused-ring (bicyclic) bond motifs is 1. The molecule has 4 N–H and O–H groups in total. The lowest BCUT2D eigenvalue weighted by atomic mass is 9.72. The zero-order chi connectivity index (χ0) is 29.6. The van der Waals surface area contributed by atoms with Crippen molar-refractivity contribution < 1.29 is 23.4 Å².